The average Bonchev–Trinajstić information content (AvgIpc) is 3.14. The van der Waals surface area contributed by atoms with Crippen LogP contribution in [0.5, 0.6) is 0 Å². The standard InChI is InChI=1S/C16H20N6OS/c17-14(23)13-3-1-2-12(10-13)11-20-15(18)21-5-7-22(8-6-21)16-19-4-9-24-16/h1-4,9-10H,5-8,11H2,(H2,17,23)(H2,18,20). The van der Waals surface area contributed by atoms with E-state index in [4.69, 9.17) is 11.5 Å². The second-order valence-electron chi connectivity index (χ2n) is 5.53. The van der Waals surface area contributed by atoms with Crippen LogP contribution in [0.4, 0.5) is 5.13 Å². The summed E-state index contributed by atoms with van der Waals surface area (Å²) >= 11 is 1.65. The van der Waals surface area contributed by atoms with Gasteiger partial charge in [0.2, 0.25) is 5.91 Å². The zero-order chi connectivity index (χ0) is 16.9. The summed E-state index contributed by atoms with van der Waals surface area (Å²) in [5, 5.41) is 3.03. The van der Waals surface area contributed by atoms with Gasteiger partial charge in [-0.05, 0) is 17.7 Å². The van der Waals surface area contributed by atoms with E-state index in [0.717, 1.165) is 36.9 Å². The first-order valence-electron chi connectivity index (χ1n) is 7.71. The van der Waals surface area contributed by atoms with Crippen molar-refractivity contribution in [3.63, 3.8) is 0 Å². The lowest BCUT2D eigenvalue weighted by Gasteiger charge is -2.35. The quantitative estimate of drug-likeness (QED) is 0.633. The van der Waals surface area contributed by atoms with Crippen LogP contribution in [0.2, 0.25) is 0 Å². The molecule has 0 atom stereocenters. The molecule has 3 rings (SSSR count). The van der Waals surface area contributed by atoms with Crippen molar-refractivity contribution in [3.8, 4) is 0 Å². The molecule has 1 aliphatic heterocycles. The van der Waals surface area contributed by atoms with Crippen LogP contribution >= 0.6 is 11.3 Å². The normalized spacial score (nSPS) is 15.6. The van der Waals surface area contributed by atoms with E-state index < -0.39 is 5.91 Å². The number of aromatic nitrogens is 1. The molecule has 1 aliphatic rings. The number of hydrogen-bond donors (Lipinski definition) is 2. The molecule has 0 aliphatic carbocycles. The highest BCUT2D eigenvalue weighted by Crippen LogP contribution is 2.18. The molecule has 4 N–H and O–H groups in total. The zero-order valence-electron chi connectivity index (χ0n) is 13.3. The number of aliphatic imine (C=N–C) groups is 1. The van der Waals surface area contributed by atoms with Gasteiger partial charge in [0.05, 0.1) is 6.54 Å². The number of carbonyl (C=O) groups excluding carboxylic acids is 1. The average molecular weight is 344 g/mol. The fraction of sp³-hybridized carbons (Fsp3) is 0.312. The van der Waals surface area contributed by atoms with Crippen LogP contribution in [0.3, 0.4) is 0 Å². The number of anilines is 1. The van der Waals surface area contributed by atoms with Crippen LogP contribution in [-0.4, -0.2) is 47.9 Å². The van der Waals surface area contributed by atoms with Crippen molar-refractivity contribution in [2.75, 3.05) is 31.1 Å². The predicted octanol–water partition coefficient (Wildman–Crippen LogP) is 0.879. The first-order chi connectivity index (χ1) is 11.6. The summed E-state index contributed by atoms with van der Waals surface area (Å²) in [6.07, 6.45) is 1.82. The van der Waals surface area contributed by atoms with Crippen LogP contribution < -0.4 is 16.4 Å². The Hall–Kier alpha value is -2.61. The topological polar surface area (TPSA) is 101 Å². The maximum Gasteiger partial charge on any atom is 0.248 e. The summed E-state index contributed by atoms with van der Waals surface area (Å²) in [6, 6.07) is 7.15. The van der Waals surface area contributed by atoms with E-state index in [1.165, 1.54) is 0 Å². The van der Waals surface area contributed by atoms with Crippen molar-refractivity contribution in [3.05, 3.63) is 47.0 Å². The molecular formula is C16H20N6OS. The van der Waals surface area contributed by atoms with Crippen molar-refractivity contribution in [1.82, 2.24) is 9.88 Å². The summed E-state index contributed by atoms with van der Waals surface area (Å²) < 4.78 is 0. The second-order valence-corrected chi connectivity index (χ2v) is 6.40. The third kappa shape index (κ3) is 3.83. The van der Waals surface area contributed by atoms with E-state index in [2.05, 4.69) is 19.8 Å². The second kappa shape index (κ2) is 7.31. The van der Waals surface area contributed by atoms with Crippen LogP contribution in [0, 0.1) is 0 Å². The Morgan fingerprint density at radius 1 is 1.25 bits per heavy atom. The molecule has 1 aromatic carbocycles. The highest BCUT2D eigenvalue weighted by atomic mass is 32.1. The summed E-state index contributed by atoms with van der Waals surface area (Å²) in [5.41, 5.74) is 12.8. The maximum atomic E-state index is 11.2. The van der Waals surface area contributed by atoms with E-state index in [1.807, 2.05) is 17.6 Å². The molecule has 0 spiro atoms. The van der Waals surface area contributed by atoms with E-state index in [9.17, 15) is 4.79 Å². The van der Waals surface area contributed by atoms with E-state index in [-0.39, 0.29) is 0 Å². The van der Waals surface area contributed by atoms with Gasteiger partial charge >= 0.3 is 0 Å². The van der Waals surface area contributed by atoms with Crippen molar-refractivity contribution in [1.29, 1.82) is 0 Å². The molecule has 1 amide bonds. The smallest absolute Gasteiger partial charge is 0.248 e. The molecule has 2 aromatic rings. The van der Waals surface area contributed by atoms with Gasteiger partial charge in [-0.1, -0.05) is 12.1 Å². The molecule has 1 aromatic heterocycles. The van der Waals surface area contributed by atoms with Crippen molar-refractivity contribution in [2.24, 2.45) is 16.5 Å². The van der Waals surface area contributed by atoms with E-state index in [1.54, 1.807) is 29.5 Å². The monoisotopic (exact) mass is 344 g/mol. The summed E-state index contributed by atoms with van der Waals surface area (Å²) in [4.78, 5) is 24.3. The Kier molecular flexibility index (Phi) is 4.95. The maximum absolute atomic E-state index is 11.2. The zero-order valence-corrected chi connectivity index (χ0v) is 14.1. The van der Waals surface area contributed by atoms with Gasteiger partial charge in [0.1, 0.15) is 0 Å². The molecule has 126 valence electrons. The van der Waals surface area contributed by atoms with Gasteiger partial charge in [-0.2, -0.15) is 0 Å². The number of rotatable bonds is 4. The number of nitrogens with zero attached hydrogens (tertiary/aromatic N) is 4. The van der Waals surface area contributed by atoms with Crippen LogP contribution in [0.15, 0.2) is 40.8 Å². The van der Waals surface area contributed by atoms with Crippen molar-refractivity contribution >= 4 is 28.3 Å². The first kappa shape index (κ1) is 16.3. The Bertz CT molecular complexity index is 722. The van der Waals surface area contributed by atoms with Crippen LogP contribution in [0.25, 0.3) is 0 Å². The number of thiazole rings is 1. The van der Waals surface area contributed by atoms with Gasteiger partial charge in [-0.3, -0.25) is 4.79 Å². The lowest BCUT2D eigenvalue weighted by atomic mass is 10.1. The molecule has 0 saturated carbocycles. The van der Waals surface area contributed by atoms with Gasteiger partial charge in [-0.15, -0.1) is 11.3 Å². The van der Waals surface area contributed by atoms with Crippen molar-refractivity contribution < 1.29 is 4.79 Å². The van der Waals surface area contributed by atoms with E-state index in [0.29, 0.717) is 18.1 Å². The third-order valence-electron chi connectivity index (χ3n) is 3.93. The number of primary amides is 1. The van der Waals surface area contributed by atoms with Gasteiger partial charge in [0, 0.05) is 43.3 Å². The molecule has 7 nitrogen and oxygen atoms in total. The largest absolute Gasteiger partial charge is 0.370 e. The van der Waals surface area contributed by atoms with E-state index >= 15 is 0 Å². The minimum Gasteiger partial charge on any atom is -0.370 e. The number of hydrogen-bond acceptors (Lipinski definition) is 5. The number of nitrogens with two attached hydrogens (primary N) is 2. The Morgan fingerprint density at radius 3 is 2.71 bits per heavy atom. The lowest BCUT2D eigenvalue weighted by Crippen LogP contribution is -2.51. The fourth-order valence-electron chi connectivity index (χ4n) is 2.59. The molecule has 8 heteroatoms. The fourth-order valence-corrected chi connectivity index (χ4v) is 3.29. The van der Waals surface area contributed by atoms with Crippen molar-refractivity contribution in [2.45, 2.75) is 6.54 Å². The third-order valence-corrected chi connectivity index (χ3v) is 4.76. The molecule has 0 unspecified atom stereocenters. The van der Waals surface area contributed by atoms with Crippen LogP contribution in [-0.2, 0) is 6.54 Å². The molecule has 1 saturated heterocycles. The molecule has 24 heavy (non-hydrogen) atoms. The molecule has 0 bridgehead atoms. The highest BCUT2D eigenvalue weighted by molar-refractivity contribution is 7.13. The molecule has 1 fully saturated rings. The number of amides is 1. The minimum absolute atomic E-state index is 0.430. The Balaban J connectivity index is 1.57. The highest BCUT2D eigenvalue weighted by Gasteiger charge is 2.19. The molecular weight excluding hydrogens is 324 g/mol. The van der Waals surface area contributed by atoms with Gasteiger partial charge in [0.15, 0.2) is 11.1 Å². The van der Waals surface area contributed by atoms with Gasteiger partial charge in [-0.25, -0.2) is 9.98 Å². The summed E-state index contributed by atoms with van der Waals surface area (Å²) in [6.45, 7) is 3.81. The number of piperazine rings is 1. The SMILES string of the molecule is NC(=O)c1cccc(CN=C(N)N2CCN(c3nccs3)CC2)c1. The number of carbonyl (C=O) groups is 1. The summed E-state index contributed by atoms with van der Waals surface area (Å²) in [5.74, 6) is 0.0883. The molecule has 2 heterocycles. The number of benzene rings is 1. The predicted molar refractivity (Wildman–Crippen MR) is 96.2 cm³/mol. The van der Waals surface area contributed by atoms with Gasteiger partial charge < -0.3 is 21.3 Å². The minimum atomic E-state index is -0.438. The Morgan fingerprint density at radius 2 is 2.04 bits per heavy atom. The lowest BCUT2D eigenvalue weighted by molar-refractivity contribution is 0.1000. The summed E-state index contributed by atoms with van der Waals surface area (Å²) in [7, 11) is 0. The first-order valence-corrected chi connectivity index (χ1v) is 8.59. The Labute approximate surface area is 144 Å². The molecule has 0 radical (unpaired) electrons. The number of guanidine groups is 1. The van der Waals surface area contributed by atoms with Crippen LogP contribution in [0.1, 0.15) is 15.9 Å². The van der Waals surface area contributed by atoms with Gasteiger partial charge in [0.25, 0.3) is 0 Å².